The van der Waals surface area contributed by atoms with Gasteiger partial charge in [-0.05, 0) is 43.5 Å². The number of halogens is 1. The Kier molecular flexibility index (Phi) is 5.27. The molecule has 1 aliphatic heterocycles. The first kappa shape index (κ1) is 18.2. The number of benzene rings is 1. The molecule has 4 rings (SSSR count). The van der Waals surface area contributed by atoms with E-state index in [1.807, 2.05) is 18.2 Å². The Balaban J connectivity index is 1.56. The highest BCUT2D eigenvalue weighted by Gasteiger charge is 2.27. The Morgan fingerprint density at radius 2 is 2.19 bits per heavy atom. The number of aromatic nitrogens is 3. The average Bonchev–Trinajstić information content (AvgIpc) is 3.15. The lowest BCUT2D eigenvalue weighted by Crippen LogP contribution is -2.35. The predicted molar refractivity (Wildman–Crippen MR) is 106 cm³/mol. The van der Waals surface area contributed by atoms with Crippen LogP contribution in [0.3, 0.4) is 0 Å². The normalized spacial score (nSPS) is 17.6. The summed E-state index contributed by atoms with van der Waals surface area (Å²) in [6.07, 6.45) is 2.78. The van der Waals surface area contributed by atoms with E-state index in [2.05, 4.69) is 28.0 Å². The minimum atomic E-state index is 0.222. The summed E-state index contributed by atoms with van der Waals surface area (Å²) in [7, 11) is 1.67. The average molecular weight is 387 g/mol. The van der Waals surface area contributed by atoms with E-state index in [0.717, 1.165) is 42.7 Å². The Morgan fingerprint density at radius 1 is 1.30 bits per heavy atom. The van der Waals surface area contributed by atoms with Crippen LogP contribution < -0.4 is 4.90 Å². The molecule has 142 valence electrons. The first-order valence-electron chi connectivity index (χ1n) is 9.27. The van der Waals surface area contributed by atoms with Crippen LogP contribution >= 0.6 is 11.6 Å². The van der Waals surface area contributed by atoms with E-state index in [-0.39, 0.29) is 5.92 Å². The van der Waals surface area contributed by atoms with Crippen molar-refractivity contribution in [3.8, 4) is 0 Å². The number of anilines is 1. The lowest BCUT2D eigenvalue weighted by atomic mass is 9.97. The maximum atomic E-state index is 6.16. The number of hydrogen-bond acceptors (Lipinski definition) is 6. The maximum absolute atomic E-state index is 6.16. The fourth-order valence-electron chi connectivity index (χ4n) is 3.63. The molecule has 27 heavy (non-hydrogen) atoms. The molecular weight excluding hydrogens is 364 g/mol. The molecule has 1 fully saturated rings. The Labute approximate surface area is 163 Å². The minimum absolute atomic E-state index is 0.222. The quantitative estimate of drug-likeness (QED) is 0.656. The van der Waals surface area contributed by atoms with Crippen LogP contribution in [0.1, 0.15) is 36.0 Å². The molecule has 0 spiro atoms. The van der Waals surface area contributed by atoms with E-state index in [1.54, 1.807) is 7.11 Å². The summed E-state index contributed by atoms with van der Waals surface area (Å²) in [6.45, 7) is 4.51. The lowest BCUT2D eigenvalue weighted by molar-refractivity contribution is 0.199. The van der Waals surface area contributed by atoms with Gasteiger partial charge in [0.2, 0.25) is 5.89 Å². The summed E-state index contributed by atoms with van der Waals surface area (Å²) in [6, 6.07) is 8.01. The number of rotatable bonds is 5. The third-order valence-electron chi connectivity index (χ3n) is 5.07. The molecule has 1 aromatic carbocycles. The second kappa shape index (κ2) is 7.82. The van der Waals surface area contributed by atoms with Crippen LogP contribution in [0.2, 0.25) is 5.02 Å². The highest BCUT2D eigenvalue weighted by atomic mass is 35.5. The van der Waals surface area contributed by atoms with E-state index in [0.29, 0.717) is 29.8 Å². The molecule has 6 nitrogen and oxygen atoms in total. The van der Waals surface area contributed by atoms with Crippen molar-refractivity contribution in [3.05, 3.63) is 46.6 Å². The van der Waals surface area contributed by atoms with Gasteiger partial charge in [0.1, 0.15) is 5.82 Å². The van der Waals surface area contributed by atoms with Crippen molar-refractivity contribution in [2.75, 3.05) is 31.7 Å². The molecule has 2 aromatic heterocycles. The maximum Gasteiger partial charge on any atom is 0.231 e. The number of pyridine rings is 1. The fraction of sp³-hybridized carbons (Fsp3) is 0.450. The van der Waals surface area contributed by atoms with E-state index in [1.165, 1.54) is 5.56 Å². The van der Waals surface area contributed by atoms with Crippen molar-refractivity contribution < 1.29 is 9.26 Å². The van der Waals surface area contributed by atoms with Crippen LogP contribution in [0.5, 0.6) is 0 Å². The number of fused-ring (bicyclic) bond motifs is 1. The van der Waals surface area contributed by atoms with Crippen molar-refractivity contribution in [2.45, 2.75) is 32.1 Å². The molecule has 7 heteroatoms. The smallest absolute Gasteiger partial charge is 0.231 e. The van der Waals surface area contributed by atoms with Crippen molar-refractivity contribution in [2.24, 2.45) is 0 Å². The molecular formula is C20H23ClN4O2. The summed E-state index contributed by atoms with van der Waals surface area (Å²) >= 11 is 6.16. The third kappa shape index (κ3) is 3.92. The van der Waals surface area contributed by atoms with Gasteiger partial charge in [-0.25, -0.2) is 4.98 Å². The Bertz CT molecular complexity index is 943. The molecule has 3 aromatic rings. The summed E-state index contributed by atoms with van der Waals surface area (Å²) in [5, 5.41) is 5.92. The molecule has 1 aliphatic rings. The third-order valence-corrected chi connectivity index (χ3v) is 5.31. The van der Waals surface area contributed by atoms with Crippen LogP contribution in [0.25, 0.3) is 10.9 Å². The zero-order valence-electron chi connectivity index (χ0n) is 15.6. The first-order valence-corrected chi connectivity index (χ1v) is 9.65. The highest BCUT2D eigenvalue weighted by molar-refractivity contribution is 6.31. The monoisotopic (exact) mass is 386 g/mol. The number of aryl methyl sites for hydroxylation is 1. The fourth-order valence-corrected chi connectivity index (χ4v) is 3.80. The van der Waals surface area contributed by atoms with Gasteiger partial charge >= 0.3 is 0 Å². The van der Waals surface area contributed by atoms with Crippen LogP contribution in [-0.2, 0) is 11.2 Å². The summed E-state index contributed by atoms with van der Waals surface area (Å²) in [4.78, 5) is 11.7. The van der Waals surface area contributed by atoms with Gasteiger partial charge in [-0.3, -0.25) is 0 Å². The molecule has 0 radical (unpaired) electrons. The van der Waals surface area contributed by atoms with Gasteiger partial charge in [-0.1, -0.05) is 22.8 Å². The van der Waals surface area contributed by atoms with Crippen LogP contribution in [0.4, 0.5) is 5.82 Å². The number of nitrogens with zero attached hydrogens (tertiary/aromatic N) is 4. The van der Waals surface area contributed by atoms with Crippen molar-refractivity contribution in [1.29, 1.82) is 0 Å². The summed E-state index contributed by atoms with van der Waals surface area (Å²) < 4.78 is 10.6. The second-order valence-corrected chi connectivity index (χ2v) is 7.47. The topological polar surface area (TPSA) is 64.3 Å². The molecule has 3 heterocycles. The van der Waals surface area contributed by atoms with E-state index >= 15 is 0 Å². The van der Waals surface area contributed by atoms with Gasteiger partial charge in [0, 0.05) is 37.0 Å². The lowest BCUT2D eigenvalue weighted by Gasteiger charge is -2.32. The van der Waals surface area contributed by atoms with Crippen LogP contribution in [-0.4, -0.2) is 41.9 Å². The zero-order chi connectivity index (χ0) is 18.8. The zero-order valence-corrected chi connectivity index (χ0v) is 16.4. The molecule has 0 N–H and O–H groups in total. The SMILES string of the molecule is COCCc1noc(C2CCCN(c3cc(C)c4ccc(Cl)cc4n3)C2)n1. The number of ether oxygens (including phenoxy) is 1. The van der Waals surface area contributed by atoms with E-state index in [9.17, 15) is 0 Å². The van der Waals surface area contributed by atoms with Gasteiger partial charge in [-0.15, -0.1) is 0 Å². The first-order chi connectivity index (χ1) is 13.1. The summed E-state index contributed by atoms with van der Waals surface area (Å²) in [5.74, 6) is 2.62. The van der Waals surface area contributed by atoms with E-state index < -0.39 is 0 Å². The number of methoxy groups -OCH3 is 1. The molecule has 1 unspecified atom stereocenters. The predicted octanol–water partition coefficient (Wildman–Crippen LogP) is 4.15. The van der Waals surface area contributed by atoms with Gasteiger partial charge in [0.15, 0.2) is 5.82 Å². The van der Waals surface area contributed by atoms with Crippen molar-refractivity contribution >= 4 is 28.3 Å². The van der Waals surface area contributed by atoms with Crippen LogP contribution in [0, 0.1) is 6.92 Å². The van der Waals surface area contributed by atoms with Crippen molar-refractivity contribution in [1.82, 2.24) is 15.1 Å². The van der Waals surface area contributed by atoms with Gasteiger partial charge < -0.3 is 14.2 Å². The number of piperidine rings is 1. The molecule has 0 saturated carbocycles. The summed E-state index contributed by atoms with van der Waals surface area (Å²) in [5.41, 5.74) is 2.13. The largest absolute Gasteiger partial charge is 0.384 e. The molecule has 0 amide bonds. The molecule has 0 bridgehead atoms. The van der Waals surface area contributed by atoms with Crippen LogP contribution in [0.15, 0.2) is 28.8 Å². The van der Waals surface area contributed by atoms with Gasteiger partial charge in [-0.2, -0.15) is 4.98 Å². The molecule has 0 aliphatic carbocycles. The minimum Gasteiger partial charge on any atom is -0.384 e. The van der Waals surface area contributed by atoms with Crippen molar-refractivity contribution in [3.63, 3.8) is 0 Å². The standard InChI is InChI=1S/C20H23ClN4O2/c1-13-10-19(22-17-11-15(21)5-6-16(13)17)25-8-3-4-14(12-25)20-23-18(24-27-20)7-9-26-2/h5-6,10-11,14H,3-4,7-9,12H2,1-2H3. The molecule has 1 saturated heterocycles. The second-order valence-electron chi connectivity index (χ2n) is 7.04. The van der Waals surface area contributed by atoms with Gasteiger partial charge in [0.05, 0.1) is 18.0 Å². The number of hydrogen-bond donors (Lipinski definition) is 0. The van der Waals surface area contributed by atoms with Gasteiger partial charge in [0.25, 0.3) is 0 Å². The Hall–Kier alpha value is -2.18. The Morgan fingerprint density at radius 3 is 3.04 bits per heavy atom. The van der Waals surface area contributed by atoms with E-state index in [4.69, 9.17) is 25.8 Å². The highest BCUT2D eigenvalue weighted by Crippen LogP contribution is 2.31. The molecule has 1 atom stereocenters.